The fraction of sp³-hybridized carbons (Fsp3) is 1.00. The molecule has 0 atom stereocenters. The minimum Gasteiger partial charge on any atom is -0.396 e. The molecule has 0 amide bonds. The fourth-order valence-corrected chi connectivity index (χ4v) is 0.722. The number of alkyl halides is 2. The number of aliphatic hydroxyl groups excluding tert-OH is 1. The quantitative estimate of drug-likeness (QED) is 0.555. The molecule has 1 N–H and O–H groups in total. The number of halogens is 2. The van der Waals surface area contributed by atoms with Gasteiger partial charge in [-0.2, -0.15) is 0 Å². The molecular formula is C5H13Cl2O2P. The summed E-state index contributed by atoms with van der Waals surface area (Å²) in [4.78, 5) is 0. The summed E-state index contributed by atoms with van der Waals surface area (Å²) >= 11 is 9.53. The largest absolute Gasteiger partial charge is 0.396 e. The summed E-state index contributed by atoms with van der Waals surface area (Å²) < 4.78 is 10.7. The predicted molar refractivity (Wildman–Crippen MR) is 48.0 cm³/mol. The highest BCUT2D eigenvalue weighted by atomic mass is 35.5. The first kappa shape index (κ1) is 13.4. The molecule has 0 fully saturated rings. The zero-order valence-corrected chi connectivity index (χ0v) is 8.59. The molecule has 0 radical (unpaired) electrons. The minimum absolute atomic E-state index is 0.0459. The maximum Gasteiger partial charge on any atom is 0.0967 e. The number of aliphatic hydroxyl groups is 1. The first-order valence-corrected chi connectivity index (χ1v) is 6.60. The van der Waals surface area contributed by atoms with E-state index in [-0.39, 0.29) is 11.9 Å². The second-order valence-corrected chi connectivity index (χ2v) is 6.53. The van der Waals surface area contributed by atoms with Crippen LogP contribution in [0.15, 0.2) is 0 Å². The highest BCUT2D eigenvalue weighted by Crippen LogP contribution is 2.34. The highest BCUT2D eigenvalue weighted by Gasteiger charge is 2.02. The van der Waals surface area contributed by atoms with Gasteiger partial charge in [0, 0.05) is 12.8 Å². The van der Waals surface area contributed by atoms with Gasteiger partial charge < -0.3 is 9.67 Å². The number of rotatable bonds is 2. The molecule has 0 aliphatic rings. The first-order valence-electron chi connectivity index (χ1n) is 2.74. The van der Waals surface area contributed by atoms with E-state index in [1.165, 1.54) is 0 Å². The Balaban J connectivity index is 0. The van der Waals surface area contributed by atoms with Crippen molar-refractivity contribution in [1.29, 1.82) is 0 Å². The summed E-state index contributed by atoms with van der Waals surface area (Å²) in [5.74, 6) is 0. The lowest BCUT2D eigenvalue weighted by Gasteiger charge is -1.99. The summed E-state index contributed by atoms with van der Waals surface area (Å²) in [7, 11) is -1.92. The molecule has 2 nitrogen and oxygen atoms in total. The van der Waals surface area contributed by atoms with Gasteiger partial charge in [0.1, 0.15) is 0 Å². The Morgan fingerprint density at radius 1 is 1.40 bits per heavy atom. The van der Waals surface area contributed by atoms with Crippen molar-refractivity contribution in [2.75, 3.05) is 31.4 Å². The average Bonchev–Trinajstić information content (AvgIpc) is 1.63. The van der Waals surface area contributed by atoms with E-state index >= 15 is 0 Å². The number of hydrogen-bond acceptors (Lipinski definition) is 2. The van der Waals surface area contributed by atoms with Crippen LogP contribution in [0.5, 0.6) is 0 Å². The van der Waals surface area contributed by atoms with E-state index in [0.717, 1.165) is 0 Å². The lowest BCUT2D eigenvalue weighted by Crippen LogP contribution is -1.90. The molecule has 5 heteroatoms. The standard InChI is InChI=1S/C4H11O2P.CH2Cl2/c1-7(2,6)4-3-5;2-1-3/h5H,3-4H2,1-2H3;1H2. The van der Waals surface area contributed by atoms with Crippen LogP contribution >= 0.6 is 30.3 Å². The summed E-state index contributed by atoms with van der Waals surface area (Å²) in [6.45, 7) is 3.39. The molecule has 0 saturated carbocycles. The molecular weight excluding hydrogens is 194 g/mol. The van der Waals surface area contributed by atoms with E-state index in [1.54, 1.807) is 13.3 Å². The zero-order chi connectivity index (χ0) is 8.62. The van der Waals surface area contributed by atoms with E-state index in [2.05, 4.69) is 0 Å². The third-order valence-electron chi connectivity index (χ3n) is 0.639. The molecule has 0 aromatic carbocycles. The van der Waals surface area contributed by atoms with Gasteiger partial charge in [0.15, 0.2) is 0 Å². The second-order valence-electron chi connectivity index (χ2n) is 2.12. The number of hydrogen-bond donors (Lipinski definition) is 1. The van der Waals surface area contributed by atoms with Gasteiger partial charge in [-0.1, -0.05) is 0 Å². The van der Waals surface area contributed by atoms with Gasteiger partial charge in [0.05, 0.1) is 12.5 Å². The van der Waals surface area contributed by atoms with Crippen molar-refractivity contribution in [1.82, 2.24) is 0 Å². The lowest BCUT2D eigenvalue weighted by molar-refractivity contribution is 0.319. The van der Waals surface area contributed by atoms with Crippen molar-refractivity contribution >= 4 is 30.3 Å². The van der Waals surface area contributed by atoms with Gasteiger partial charge in [0.25, 0.3) is 0 Å². The van der Waals surface area contributed by atoms with Crippen LogP contribution in [0.25, 0.3) is 0 Å². The summed E-state index contributed by atoms with van der Waals surface area (Å²) in [5.41, 5.74) is 0. The third-order valence-corrected chi connectivity index (χ3v) is 1.92. The van der Waals surface area contributed by atoms with Crippen molar-refractivity contribution in [2.24, 2.45) is 0 Å². The molecule has 64 valence electrons. The molecule has 0 rings (SSSR count). The van der Waals surface area contributed by atoms with Crippen LogP contribution in [0.2, 0.25) is 0 Å². The zero-order valence-electron chi connectivity index (χ0n) is 6.18. The SMILES string of the molecule is CP(C)(=O)CCO.ClCCl. The Hall–Kier alpha value is 0.770. The molecule has 0 heterocycles. The van der Waals surface area contributed by atoms with Crippen LogP contribution in [-0.2, 0) is 4.57 Å². The van der Waals surface area contributed by atoms with E-state index in [4.69, 9.17) is 28.3 Å². The van der Waals surface area contributed by atoms with Crippen molar-refractivity contribution in [3.63, 3.8) is 0 Å². The van der Waals surface area contributed by atoms with E-state index in [9.17, 15) is 4.57 Å². The first-order chi connectivity index (χ1) is 4.47. The molecule has 0 spiro atoms. The average molecular weight is 207 g/mol. The topological polar surface area (TPSA) is 37.3 Å². The van der Waals surface area contributed by atoms with E-state index in [1.807, 2.05) is 0 Å². The summed E-state index contributed by atoms with van der Waals surface area (Å²) in [6.07, 6.45) is 0.451. The summed E-state index contributed by atoms with van der Waals surface area (Å²) in [6, 6.07) is 0. The molecule has 0 bridgehead atoms. The van der Waals surface area contributed by atoms with E-state index < -0.39 is 7.14 Å². The van der Waals surface area contributed by atoms with Crippen molar-refractivity contribution < 1.29 is 9.67 Å². The Morgan fingerprint density at radius 2 is 1.70 bits per heavy atom. The molecule has 0 aromatic rings. The Kier molecular flexibility index (Phi) is 10.5. The van der Waals surface area contributed by atoms with Crippen molar-refractivity contribution in [3.8, 4) is 0 Å². The van der Waals surface area contributed by atoms with Gasteiger partial charge in [-0.25, -0.2) is 0 Å². The monoisotopic (exact) mass is 206 g/mol. The van der Waals surface area contributed by atoms with Gasteiger partial charge in [-0.15, -0.1) is 23.2 Å². The van der Waals surface area contributed by atoms with Crippen LogP contribution in [0.1, 0.15) is 0 Å². The van der Waals surface area contributed by atoms with Gasteiger partial charge in [-0.3, -0.25) is 0 Å². The molecule has 0 aliphatic carbocycles. The van der Waals surface area contributed by atoms with Crippen LogP contribution in [0, 0.1) is 0 Å². The molecule has 0 aliphatic heterocycles. The molecule has 0 unspecified atom stereocenters. The second kappa shape index (κ2) is 7.87. The lowest BCUT2D eigenvalue weighted by atomic mass is 10.9. The normalized spacial score (nSPS) is 10.1. The predicted octanol–water partition coefficient (Wildman–Crippen LogP) is 2.02. The van der Waals surface area contributed by atoms with Crippen LogP contribution in [0.3, 0.4) is 0 Å². The van der Waals surface area contributed by atoms with Crippen LogP contribution in [0.4, 0.5) is 0 Å². The maximum absolute atomic E-state index is 10.7. The van der Waals surface area contributed by atoms with Crippen LogP contribution < -0.4 is 0 Å². The van der Waals surface area contributed by atoms with Crippen LogP contribution in [-0.4, -0.2) is 36.5 Å². The molecule has 10 heavy (non-hydrogen) atoms. The Bertz CT molecular complexity index is 102. The highest BCUT2D eigenvalue weighted by molar-refractivity contribution is 7.62. The summed E-state index contributed by atoms with van der Waals surface area (Å²) in [5, 5.41) is 8.42. The maximum atomic E-state index is 10.7. The Morgan fingerprint density at radius 3 is 1.70 bits per heavy atom. The Labute approximate surface area is 71.9 Å². The van der Waals surface area contributed by atoms with Crippen molar-refractivity contribution in [3.05, 3.63) is 0 Å². The third kappa shape index (κ3) is 23.3. The van der Waals surface area contributed by atoms with Gasteiger partial charge in [-0.05, 0) is 13.3 Å². The van der Waals surface area contributed by atoms with Gasteiger partial charge >= 0.3 is 0 Å². The van der Waals surface area contributed by atoms with E-state index in [0.29, 0.717) is 6.16 Å². The molecule has 0 saturated heterocycles. The van der Waals surface area contributed by atoms with Gasteiger partial charge in [0.2, 0.25) is 0 Å². The minimum atomic E-state index is -1.92. The van der Waals surface area contributed by atoms with Crippen molar-refractivity contribution in [2.45, 2.75) is 0 Å². The molecule has 0 aromatic heterocycles. The fourth-order valence-electron chi connectivity index (χ4n) is 0.241. The smallest absolute Gasteiger partial charge is 0.0967 e.